The van der Waals surface area contributed by atoms with E-state index in [1.807, 2.05) is 24.3 Å². The Kier molecular flexibility index (Phi) is 4.73. The molecule has 0 atom stereocenters. The van der Waals surface area contributed by atoms with Gasteiger partial charge in [0.1, 0.15) is 0 Å². The Balaban J connectivity index is 1.82. The van der Waals surface area contributed by atoms with Crippen LogP contribution in [0.5, 0.6) is 0 Å². The van der Waals surface area contributed by atoms with E-state index in [0.29, 0.717) is 17.8 Å². The molecule has 0 spiro atoms. The van der Waals surface area contributed by atoms with Crippen molar-refractivity contribution in [2.75, 3.05) is 17.7 Å². The molecule has 1 aromatic rings. The standard InChI is InChI=1S/C16H24N2O3/c1-16(2,3)21-14-9-13(10-14)17-11-6-5-7-12(8-11)18-15(19)20-4/h5-8,13-14,17H,9-10H2,1-4H3,(H,18,19). The van der Waals surface area contributed by atoms with Crippen LogP contribution in [0.3, 0.4) is 0 Å². The van der Waals surface area contributed by atoms with Gasteiger partial charge in [-0.1, -0.05) is 6.07 Å². The molecule has 116 valence electrons. The van der Waals surface area contributed by atoms with Crippen LogP contribution in [0.4, 0.5) is 16.2 Å². The van der Waals surface area contributed by atoms with Crippen molar-refractivity contribution in [3.8, 4) is 0 Å². The van der Waals surface area contributed by atoms with Crippen LogP contribution in [0, 0.1) is 0 Å². The molecule has 1 fully saturated rings. The largest absolute Gasteiger partial charge is 0.453 e. The highest BCUT2D eigenvalue weighted by Crippen LogP contribution is 2.30. The summed E-state index contributed by atoms with van der Waals surface area (Å²) in [6, 6.07) is 8.03. The second-order valence-corrected chi connectivity index (χ2v) is 6.36. The molecule has 1 aromatic carbocycles. The van der Waals surface area contributed by atoms with Gasteiger partial charge in [0.2, 0.25) is 0 Å². The Morgan fingerprint density at radius 3 is 2.52 bits per heavy atom. The summed E-state index contributed by atoms with van der Waals surface area (Å²) in [5.41, 5.74) is 1.62. The van der Waals surface area contributed by atoms with Crippen molar-refractivity contribution in [2.24, 2.45) is 0 Å². The highest BCUT2D eigenvalue weighted by molar-refractivity contribution is 5.85. The van der Waals surface area contributed by atoms with Crippen LogP contribution >= 0.6 is 0 Å². The number of carbonyl (C=O) groups is 1. The second kappa shape index (κ2) is 6.35. The van der Waals surface area contributed by atoms with Crippen molar-refractivity contribution in [1.29, 1.82) is 0 Å². The molecule has 0 aromatic heterocycles. The SMILES string of the molecule is COC(=O)Nc1cccc(NC2CC(OC(C)(C)C)C2)c1. The molecule has 1 amide bonds. The van der Waals surface area contributed by atoms with Gasteiger partial charge in [-0.25, -0.2) is 4.79 Å². The minimum Gasteiger partial charge on any atom is -0.453 e. The van der Waals surface area contributed by atoms with Crippen LogP contribution in [0.15, 0.2) is 24.3 Å². The van der Waals surface area contributed by atoms with Gasteiger partial charge in [0.25, 0.3) is 0 Å². The van der Waals surface area contributed by atoms with Crippen molar-refractivity contribution < 1.29 is 14.3 Å². The number of ether oxygens (including phenoxy) is 2. The second-order valence-electron chi connectivity index (χ2n) is 6.36. The van der Waals surface area contributed by atoms with Gasteiger partial charge >= 0.3 is 6.09 Å². The van der Waals surface area contributed by atoms with Crippen molar-refractivity contribution >= 4 is 17.5 Å². The van der Waals surface area contributed by atoms with E-state index in [9.17, 15) is 4.79 Å². The molecule has 2 rings (SSSR count). The van der Waals surface area contributed by atoms with Crippen LogP contribution in [-0.2, 0) is 9.47 Å². The first kappa shape index (κ1) is 15.6. The molecule has 1 aliphatic carbocycles. The zero-order valence-electron chi connectivity index (χ0n) is 13.1. The fourth-order valence-corrected chi connectivity index (χ4v) is 2.37. The van der Waals surface area contributed by atoms with Crippen molar-refractivity contribution in [2.45, 2.75) is 51.4 Å². The minimum absolute atomic E-state index is 0.0833. The summed E-state index contributed by atoms with van der Waals surface area (Å²) in [6.45, 7) is 6.24. The first-order chi connectivity index (χ1) is 9.85. The van der Waals surface area contributed by atoms with Gasteiger partial charge in [-0.3, -0.25) is 5.32 Å². The normalized spacial score (nSPS) is 21.3. The summed E-state index contributed by atoms with van der Waals surface area (Å²) < 4.78 is 10.5. The minimum atomic E-state index is -0.463. The molecule has 5 heteroatoms. The lowest BCUT2D eigenvalue weighted by Gasteiger charge is -2.40. The van der Waals surface area contributed by atoms with Crippen molar-refractivity contribution in [1.82, 2.24) is 0 Å². The Morgan fingerprint density at radius 1 is 1.24 bits per heavy atom. The Morgan fingerprint density at radius 2 is 1.90 bits per heavy atom. The van der Waals surface area contributed by atoms with Crippen molar-refractivity contribution in [3.05, 3.63) is 24.3 Å². The van der Waals surface area contributed by atoms with Crippen LogP contribution in [0.2, 0.25) is 0 Å². The van der Waals surface area contributed by atoms with E-state index in [-0.39, 0.29) is 5.60 Å². The number of hydrogen-bond donors (Lipinski definition) is 2. The summed E-state index contributed by atoms with van der Waals surface area (Å²) in [5, 5.41) is 6.11. The van der Waals surface area contributed by atoms with Crippen LogP contribution in [-0.4, -0.2) is 30.9 Å². The summed E-state index contributed by atoms with van der Waals surface area (Å²) in [5.74, 6) is 0. The third-order valence-electron chi connectivity index (χ3n) is 3.28. The highest BCUT2D eigenvalue weighted by atomic mass is 16.5. The molecule has 0 radical (unpaired) electrons. The molecule has 0 unspecified atom stereocenters. The Labute approximate surface area is 126 Å². The number of anilines is 2. The smallest absolute Gasteiger partial charge is 0.411 e. The maximum Gasteiger partial charge on any atom is 0.411 e. The monoisotopic (exact) mass is 292 g/mol. The number of amides is 1. The molecular formula is C16H24N2O3. The van der Waals surface area contributed by atoms with Gasteiger partial charge in [-0.15, -0.1) is 0 Å². The van der Waals surface area contributed by atoms with Crippen LogP contribution in [0.25, 0.3) is 0 Å². The van der Waals surface area contributed by atoms with Crippen LogP contribution in [0.1, 0.15) is 33.6 Å². The Hall–Kier alpha value is -1.75. The lowest BCUT2D eigenvalue weighted by atomic mass is 9.88. The third kappa shape index (κ3) is 4.93. The number of nitrogens with one attached hydrogen (secondary N) is 2. The first-order valence-electron chi connectivity index (χ1n) is 7.25. The molecule has 0 heterocycles. The number of rotatable bonds is 4. The number of hydrogen-bond acceptors (Lipinski definition) is 4. The van der Waals surface area contributed by atoms with E-state index < -0.39 is 6.09 Å². The van der Waals surface area contributed by atoms with Gasteiger partial charge in [-0.05, 0) is 51.8 Å². The topological polar surface area (TPSA) is 59.6 Å². The van der Waals surface area contributed by atoms with E-state index in [0.717, 1.165) is 18.5 Å². The number of methoxy groups -OCH3 is 1. The Bertz CT molecular complexity index is 491. The maximum atomic E-state index is 11.2. The van der Waals surface area contributed by atoms with E-state index >= 15 is 0 Å². The van der Waals surface area contributed by atoms with E-state index in [1.54, 1.807) is 0 Å². The van der Waals surface area contributed by atoms with Crippen molar-refractivity contribution in [3.63, 3.8) is 0 Å². The molecule has 0 saturated heterocycles. The lowest BCUT2D eigenvalue weighted by Crippen LogP contribution is -2.44. The summed E-state index contributed by atoms with van der Waals surface area (Å²) in [7, 11) is 1.35. The average Bonchev–Trinajstić information content (AvgIpc) is 2.35. The van der Waals surface area contributed by atoms with E-state index in [1.165, 1.54) is 7.11 Å². The molecule has 0 aliphatic heterocycles. The average molecular weight is 292 g/mol. The number of benzene rings is 1. The predicted molar refractivity (Wildman–Crippen MR) is 83.7 cm³/mol. The summed E-state index contributed by atoms with van der Waals surface area (Å²) in [6.07, 6.45) is 1.88. The lowest BCUT2D eigenvalue weighted by molar-refractivity contribution is -0.0953. The fourth-order valence-electron chi connectivity index (χ4n) is 2.37. The van der Waals surface area contributed by atoms with Gasteiger partial charge in [0.15, 0.2) is 0 Å². The molecule has 0 bridgehead atoms. The molecule has 21 heavy (non-hydrogen) atoms. The van der Waals surface area contributed by atoms with E-state index in [4.69, 9.17) is 4.74 Å². The zero-order valence-corrected chi connectivity index (χ0v) is 13.1. The zero-order chi connectivity index (χ0) is 15.5. The summed E-state index contributed by atoms with van der Waals surface area (Å²) in [4.78, 5) is 11.2. The highest BCUT2D eigenvalue weighted by Gasteiger charge is 2.32. The number of carbonyl (C=O) groups excluding carboxylic acids is 1. The first-order valence-corrected chi connectivity index (χ1v) is 7.25. The van der Waals surface area contributed by atoms with Gasteiger partial charge < -0.3 is 14.8 Å². The molecule has 2 N–H and O–H groups in total. The van der Waals surface area contributed by atoms with Crippen LogP contribution < -0.4 is 10.6 Å². The quantitative estimate of drug-likeness (QED) is 0.889. The third-order valence-corrected chi connectivity index (χ3v) is 3.28. The van der Waals surface area contributed by atoms with Gasteiger partial charge in [0, 0.05) is 17.4 Å². The molecular weight excluding hydrogens is 268 g/mol. The maximum absolute atomic E-state index is 11.2. The molecule has 5 nitrogen and oxygen atoms in total. The summed E-state index contributed by atoms with van der Waals surface area (Å²) >= 11 is 0. The van der Waals surface area contributed by atoms with Gasteiger partial charge in [0.05, 0.1) is 18.8 Å². The molecule has 1 aliphatic rings. The van der Waals surface area contributed by atoms with E-state index in [2.05, 4.69) is 36.1 Å². The van der Waals surface area contributed by atoms with Gasteiger partial charge in [-0.2, -0.15) is 0 Å². The fraction of sp³-hybridized carbons (Fsp3) is 0.562. The molecule has 1 saturated carbocycles. The predicted octanol–water partition coefficient (Wildman–Crippen LogP) is 3.62.